The maximum absolute atomic E-state index is 12.4. The standard InChI is InChI=1S/C25H27ClN4O/c1-29(2)24-15-16-30(17-24)23-13-11-22(12-14-23)28-25(31)27-21-9-5-19(6-10-21)18-3-7-20(26)8-4-18/h3-14,24H,15-17H2,1-2H3,(H2,27,28,31). The van der Waals surface area contributed by atoms with Crippen LogP contribution in [-0.4, -0.2) is 44.2 Å². The van der Waals surface area contributed by atoms with E-state index in [-0.39, 0.29) is 6.03 Å². The van der Waals surface area contributed by atoms with Gasteiger partial charge < -0.3 is 20.4 Å². The van der Waals surface area contributed by atoms with Crippen LogP contribution in [0.3, 0.4) is 0 Å². The van der Waals surface area contributed by atoms with Gasteiger partial charge in [-0.3, -0.25) is 0 Å². The van der Waals surface area contributed by atoms with E-state index in [2.05, 4.69) is 46.7 Å². The van der Waals surface area contributed by atoms with Crippen molar-refractivity contribution in [2.24, 2.45) is 0 Å². The second kappa shape index (κ2) is 9.41. The summed E-state index contributed by atoms with van der Waals surface area (Å²) < 4.78 is 0. The highest BCUT2D eigenvalue weighted by Gasteiger charge is 2.23. The molecule has 2 N–H and O–H groups in total. The molecule has 0 spiro atoms. The summed E-state index contributed by atoms with van der Waals surface area (Å²) in [4.78, 5) is 17.0. The van der Waals surface area contributed by atoms with Crippen molar-refractivity contribution in [2.45, 2.75) is 12.5 Å². The summed E-state index contributed by atoms with van der Waals surface area (Å²) in [6, 6.07) is 23.8. The number of hydrogen-bond donors (Lipinski definition) is 2. The molecular formula is C25H27ClN4O. The van der Waals surface area contributed by atoms with Gasteiger partial charge in [-0.15, -0.1) is 0 Å². The molecule has 160 valence electrons. The van der Waals surface area contributed by atoms with Gasteiger partial charge in [0.1, 0.15) is 0 Å². The first-order valence-corrected chi connectivity index (χ1v) is 10.8. The molecule has 1 aliphatic rings. The van der Waals surface area contributed by atoms with Gasteiger partial charge in [-0.05, 0) is 80.2 Å². The van der Waals surface area contributed by atoms with Crippen LogP contribution in [0.25, 0.3) is 11.1 Å². The van der Waals surface area contributed by atoms with Gasteiger partial charge in [-0.1, -0.05) is 35.9 Å². The molecule has 1 atom stereocenters. The molecule has 0 saturated carbocycles. The number of likely N-dealkylation sites (N-methyl/N-ethyl adjacent to an activating group) is 1. The maximum Gasteiger partial charge on any atom is 0.323 e. The van der Waals surface area contributed by atoms with Crippen LogP contribution < -0.4 is 15.5 Å². The molecule has 0 radical (unpaired) electrons. The zero-order valence-electron chi connectivity index (χ0n) is 17.8. The van der Waals surface area contributed by atoms with Gasteiger partial charge in [-0.2, -0.15) is 0 Å². The van der Waals surface area contributed by atoms with Crippen LogP contribution in [0.5, 0.6) is 0 Å². The molecule has 6 heteroatoms. The van der Waals surface area contributed by atoms with E-state index in [1.54, 1.807) is 0 Å². The number of anilines is 3. The second-order valence-electron chi connectivity index (χ2n) is 8.06. The monoisotopic (exact) mass is 434 g/mol. The minimum absolute atomic E-state index is 0.263. The lowest BCUT2D eigenvalue weighted by Crippen LogP contribution is -2.31. The van der Waals surface area contributed by atoms with E-state index in [0.717, 1.165) is 35.6 Å². The summed E-state index contributed by atoms with van der Waals surface area (Å²) in [7, 11) is 4.26. The molecule has 0 aromatic heterocycles. The van der Waals surface area contributed by atoms with Gasteiger partial charge in [0.05, 0.1) is 0 Å². The highest BCUT2D eigenvalue weighted by molar-refractivity contribution is 6.30. The number of nitrogens with one attached hydrogen (secondary N) is 2. The number of hydrogen-bond acceptors (Lipinski definition) is 3. The number of nitrogens with zero attached hydrogens (tertiary/aromatic N) is 2. The Balaban J connectivity index is 1.32. The van der Waals surface area contributed by atoms with E-state index in [1.807, 2.05) is 60.7 Å². The van der Waals surface area contributed by atoms with Crippen molar-refractivity contribution in [1.82, 2.24) is 4.90 Å². The summed E-state index contributed by atoms with van der Waals surface area (Å²) in [6.07, 6.45) is 1.17. The topological polar surface area (TPSA) is 47.6 Å². The van der Waals surface area contributed by atoms with E-state index in [9.17, 15) is 4.79 Å². The number of carbonyl (C=O) groups is 1. The Bertz CT molecular complexity index is 1020. The van der Waals surface area contributed by atoms with Crippen LogP contribution in [0.1, 0.15) is 6.42 Å². The molecule has 1 aliphatic heterocycles. The van der Waals surface area contributed by atoms with Gasteiger partial charge in [-0.25, -0.2) is 4.79 Å². The number of benzene rings is 3. The summed E-state index contributed by atoms with van der Waals surface area (Å²) in [5.41, 5.74) is 4.83. The summed E-state index contributed by atoms with van der Waals surface area (Å²) in [5.74, 6) is 0. The highest BCUT2D eigenvalue weighted by Crippen LogP contribution is 2.25. The Labute approximate surface area is 188 Å². The molecule has 1 unspecified atom stereocenters. The van der Waals surface area contributed by atoms with E-state index < -0.39 is 0 Å². The summed E-state index contributed by atoms with van der Waals surface area (Å²) in [5, 5.41) is 6.49. The Morgan fingerprint density at radius 2 is 1.39 bits per heavy atom. The van der Waals surface area contributed by atoms with Crippen LogP contribution in [0.4, 0.5) is 21.9 Å². The largest absolute Gasteiger partial charge is 0.370 e. The Hall–Kier alpha value is -3.02. The lowest BCUT2D eigenvalue weighted by atomic mass is 10.1. The Kier molecular flexibility index (Phi) is 6.44. The van der Waals surface area contributed by atoms with Crippen molar-refractivity contribution in [2.75, 3.05) is 42.7 Å². The van der Waals surface area contributed by atoms with E-state index >= 15 is 0 Å². The molecule has 0 aliphatic carbocycles. The fourth-order valence-corrected chi connectivity index (χ4v) is 3.96. The number of urea groups is 1. The molecule has 3 aromatic rings. The molecule has 4 rings (SSSR count). The van der Waals surface area contributed by atoms with Gasteiger partial charge >= 0.3 is 6.03 Å². The van der Waals surface area contributed by atoms with Crippen molar-refractivity contribution in [3.8, 4) is 11.1 Å². The predicted molar refractivity (Wildman–Crippen MR) is 130 cm³/mol. The molecule has 1 heterocycles. The van der Waals surface area contributed by atoms with Gasteiger partial charge in [0.15, 0.2) is 0 Å². The molecule has 31 heavy (non-hydrogen) atoms. The number of rotatable bonds is 5. The minimum atomic E-state index is -0.263. The SMILES string of the molecule is CN(C)C1CCN(c2ccc(NC(=O)Nc3ccc(-c4ccc(Cl)cc4)cc3)cc2)C1. The lowest BCUT2D eigenvalue weighted by Gasteiger charge is -2.22. The average Bonchev–Trinajstić information content (AvgIpc) is 3.26. The number of amides is 2. The van der Waals surface area contributed by atoms with Crippen molar-refractivity contribution in [3.63, 3.8) is 0 Å². The molecule has 0 bridgehead atoms. The first-order valence-electron chi connectivity index (χ1n) is 10.4. The van der Waals surface area contributed by atoms with E-state index in [4.69, 9.17) is 11.6 Å². The molecule has 3 aromatic carbocycles. The van der Waals surface area contributed by atoms with Crippen molar-refractivity contribution in [1.29, 1.82) is 0 Å². The molecule has 5 nitrogen and oxygen atoms in total. The van der Waals surface area contributed by atoms with E-state index in [0.29, 0.717) is 11.1 Å². The molecule has 2 amide bonds. The molecule has 1 fully saturated rings. The average molecular weight is 435 g/mol. The van der Waals surface area contributed by atoms with Crippen LogP contribution in [-0.2, 0) is 0 Å². The third-order valence-corrected chi connectivity index (χ3v) is 5.96. The van der Waals surface area contributed by atoms with Crippen LogP contribution in [0.15, 0.2) is 72.8 Å². The van der Waals surface area contributed by atoms with E-state index in [1.165, 1.54) is 12.1 Å². The number of halogens is 1. The smallest absolute Gasteiger partial charge is 0.323 e. The van der Waals surface area contributed by atoms with Crippen molar-refractivity contribution in [3.05, 3.63) is 77.8 Å². The Morgan fingerprint density at radius 1 is 0.871 bits per heavy atom. The second-order valence-corrected chi connectivity index (χ2v) is 8.50. The zero-order chi connectivity index (χ0) is 21.8. The zero-order valence-corrected chi connectivity index (χ0v) is 18.6. The summed E-state index contributed by atoms with van der Waals surface area (Å²) in [6.45, 7) is 2.09. The van der Waals surface area contributed by atoms with Gasteiger partial charge in [0.2, 0.25) is 0 Å². The molecule has 1 saturated heterocycles. The summed E-state index contributed by atoms with van der Waals surface area (Å²) >= 11 is 5.95. The fourth-order valence-electron chi connectivity index (χ4n) is 3.84. The lowest BCUT2D eigenvalue weighted by molar-refractivity contribution is 0.262. The first kappa shape index (κ1) is 21.2. The highest BCUT2D eigenvalue weighted by atomic mass is 35.5. The van der Waals surface area contributed by atoms with Gasteiger partial charge in [0, 0.05) is 41.2 Å². The number of carbonyl (C=O) groups excluding carboxylic acids is 1. The van der Waals surface area contributed by atoms with Crippen LogP contribution >= 0.6 is 11.6 Å². The fraction of sp³-hybridized carbons (Fsp3) is 0.240. The third kappa shape index (κ3) is 5.37. The Morgan fingerprint density at radius 3 is 1.90 bits per heavy atom. The normalized spacial score (nSPS) is 15.9. The maximum atomic E-state index is 12.4. The predicted octanol–water partition coefficient (Wildman–Crippen LogP) is 5.79. The van der Waals surface area contributed by atoms with Crippen molar-refractivity contribution >= 4 is 34.7 Å². The van der Waals surface area contributed by atoms with Crippen LogP contribution in [0.2, 0.25) is 5.02 Å². The van der Waals surface area contributed by atoms with Crippen molar-refractivity contribution < 1.29 is 4.79 Å². The quantitative estimate of drug-likeness (QED) is 0.534. The minimum Gasteiger partial charge on any atom is -0.370 e. The molecular weight excluding hydrogens is 408 g/mol. The van der Waals surface area contributed by atoms with Gasteiger partial charge in [0.25, 0.3) is 0 Å². The first-order chi connectivity index (χ1) is 15.0. The van der Waals surface area contributed by atoms with Crippen LogP contribution in [0, 0.1) is 0 Å². The third-order valence-electron chi connectivity index (χ3n) is 5.70.